The fourth-order valence-electron chi connectivity index (χ4n) is 4.33. The third kappa shape index (κ3) is 7.49. The summed E-state index contributed by atoms with van der Waals surface area (Å²) in [6.07, 6.45) is 12.7. The van der Waals surface area contributed by atoms with Crippen LogP contribution in [0.15, 0.2) is 47.7 Å². The summed E-state index contributed by atoms with van der Waals surface area (Å²) < 4.78 is 0. The van der Waals surface area contributed by atoms with Crippen LogP contribution in [0.3, 0.4) is 0 Å². The molecule has 0 atom stereocenters. The summed E-state index contributed by atoms with van der Waals surface area (Å²) in [6, 6.07) is 4.49. The number of benzene rings is 1. The number of rotatable bonds is 13. The van der Waals surface area contributed by atoms with E-state index in [4.69, 9.17) is 0 Å². The Hall–Kier alpha value is -3.06. The molecule has 2 N–H and O–H groups in total. The van der Waals surface area contributed by atoms with Crippen molar-refractivity contribution in [1.29, 1.82) is 5.26 Å². The molecule has 1 heterocycles. The standard InChI is InChI=1S/C29H39N3O/c1-6-8-12-28-27(13-15-33)25(18-24-11-9-14-31-29(24)28)16-22(4)17-26(19-30)23(5)32-20-21(3)10-7-2/h15-18,31-32H,3,5-14,20H2,1-2,4H3/b22-16+,26-17+. The van der Waals surface area contributed by atoms with E-state index in [1.54, 1.807) is 0 Å². The molecule has 0 unspecified atom stereocenters. The minimum absolute atomic E-state index is 0.399. The van der Waals surface area contributed by atoms with Crippen molar-refractivity contribution < 1.29 is 4.79 Å². The number of hydrogen-bond acceptors (Lipinski definition) is 4. The van der Waals surface area contributed by atoms with E-state index in [0.29, 0.717) is 24.2 Å². The van der Waals surface area contributed by atoms with Gasteiger partial charge in [-0.3, -0.25) is 0 Å². The SMILES string of the molecule is C=C(CCC)CNC(=C)/C(C#N)=C/C(C)=C/c1cc2c(c(CCCC)c1CC=O)NCCC2. The topological polar surface area (TPSA) is 64.9 Å². The molecule has 1 aliphatic rings. The Balaban J connectivity index is 2.40. The van der Waals surface area contributed by atoms with Crippen LogP contribution in [0.5, 0.6) is 0 Å². The van der Waals surface area contributed by atoms with Crippen LogP contribution in [0.1, 0.15) is 75.1 Å². The first-order valence-electron chi connectivity index (χ1n) is 12.2. The van der Waals surface area contributed by atoms with Gasteiger partial charge in [0.1, 0.15) is 12.4 Å². The number of nitrogens with zero attached hydrogens (tertiary/aromatic N) is 1. The number of carbonyl (C=O) groups is 1. The number of aldehydes is 1. The Morgan fingerprint density at radius 3 is 2.73 bits per heavy atom. The molecule has 0 bridgehead atoms. The van der Waals surface area contributed by atoms with Crippen LogP contribution in [0.25, 0.3) is 6.08 Å². The maximum atomic E-state index is 11.6. The second-order valence-electron chi connectivity index (χ2n) is 8.85. The molecule has 0 saturated heterocycles. The van der Waals surface area contributed by atoms with Crippen LogP contribution in [-0.4, -0.2) is 19.4 Å². The van der Waals surface area contributed by atoms with E-state index in [1.807, 2.05) is 13.0 Å². The third-order valence-electron chi connectivity index (χ3n) is 6.01. The van der Waals surface area contributed by atoms with Crippen molar-refractivity contribution >= 4 is 18.0 Å². The Morgan fingerprint density at radius 1 is 1.27 bits per heavy atom. The van der Waals surface area contributed by atoms with Crippen LogP contribution < -0.4 is 10.6 Å². The quantitative estimate of drug-likeness (QED) is 0.159. The van der Waals surface area contributed by atoms with E-state index in [9.17, 15) is 10.1 Å². The first-order chi connectivity index (χ1) is 15.9. The predicted octanol–water partition coefficient (Wildman–Crippen LogP) is 6.44. The molecule has 0 spiro atoms. The molecule has 0 saturated carbocycles. The summed E-state index contributed by atoms with van der Waals surface area (Å²) in [4.78, 5) is 11.6. The molecular weight excluding hydrogens is 406 g/mol. The van der Waals surface area contributed by atoms with E-state index in [0.717, 1.165) is 80.0 Å². The van der Waals surface area contributed by atoms with Crippen molar-refractivity contribution in [3.05, 3.63) is 70.0 Å². The lowest BCUT2D eigenvalue weighted by Gasteiger charge is -2.25. The Bertz CT molecular complexity index is 976. The maximum absolute atomic E-state index is 11.6. The predicted molar refractivity (Wildman–Crippen MR) is 140 cm³/mol. The van der Waals surface area contributed by atoms with Gasteiger partial charge in [-0.25, -0.2) is 0 Å². The summed E-state index contributed by atoms with van der Waals surface area (Å²) in [5.74, 6) is 0. The Kier molecular flexibility index (Phi) is 10.7. The first kappa shape index (κ1) is 26.2. The molecule has 33 heavy (non-hydrogen) atoms. The molecule has 4 heteroatoms. The number of anilines is 1. The summed E-state index contributed by atoms with van der Waals surface area (Å²) in [5, 5.41) is 16.5. The minimum Gasteiger partial charge on any atom is -0.385 e. The first-order valence-corrected chi connectivity index (χ1v) is 12.2. The Labute approximate surface area is 200 Å². The summed E-state index contributed by atoms with van der Waals surface area (Å²) >= 11 is 0. The van der Waals surface area contributed by atoms with Gasteiger partial charge in [-0.1, -0.05) is 51.5 Å². The van der Waals surface area contributed by atoms with Crippen LogP contribution in [-0.2, 0) is 24.1 Å². The highest BCUT2D eigenvalue weighted by Crippen LogP contribution is 2.34. The summed E-state index contributed by atoms with van der Waals surface area (Å²) in [5.41, 5.74) is 9.20. The zero-order valence-corrected chi connectivity index (χ0v) is 20.7. The average Bonchev–Trinajstić information content (AvgIpc) is 2.81. The molecule has 4 nitrogen and oxygen atoms in total. The van der Waals surface area contributed by atoms with E-state index >= 15 is 0 Å². The lowest BCUT2D eigenvalue weighted by Crippen LogP contribution is -2.17. The molecule has 0 amide bonds. The molecule has 1 aliphatic heterocycles. The molecule has 2 rings (SSSR count). The monoisotopic (exact) mass is 445 g/mol. The molecule has 0 aliphatic carbocycles. The normalized spacial score (nSPS) is 13.5. The highest BCUT2D eigenvalue weighted by Gasteiger charge is 2.19. The van der Waals surface area contributed by atoms with Gasteiger partial charge >= 0.3 is 0 Å². The van der Waals surface area contributed by atoms with Crippen LogP contribution in [0.2, 0.25) is 0 Å². The van der Waals surface area contributed by atoms with Gasteiger partial charge < -0.3 is 15.4 Å². The molecule has 1 aromatic carbocycles. The van der Waals surface area contributed by atoms with Crippen molar-refractivity contribution in [2.45, 2.75) is 72.1 Å². The number of nitriles is 1. The van der Waals surface area contributed by atoms with Crippen molar-refractivity contribution in [2.24, 2.45) is 0 Å². The number of unbranched alkanes of at least 4 members (excludes halogenated alkanes) is 1. The highest BCUT2D eigenvalue weighted by molar-refractivity contribution is 5.74. The molecule has 0 fully saturated rings. The number of hydrogen-bond donors (Lipinski definition) is 2. The number of nitrogens with one attached hydrogen (secondary N) is 2. The maximum Gasteiger partial charge on any atom is 0.124 e. The van der Waals surface area contributed by atoms with E-state index in [-0.39, 0.29) is 0 Å². The Morgan fingerprint density at radius 2 is 2.06 bits per heavy atom. The fourth-order valence-corrected chi connectivity index (χ4v) is 4.33. The lowest BCUT2D eigenvalue weighted by molar-refractivity contribution is -0.107. The number of carbonyl (C=O) groups excluding carboxylic acids is 1. The molecule has 176 valence electrons. The minimum atomic E-state index is 0.399. The van der Waals surface area contributed by atoms with Crippen molar-refractivity contribution in [3.8, 4) is 6.07 Å². The van der Waals surface area contributed by atoms with E-state index < -0.39 is 0 Å². The summed E-state index contributed by atoms with van der Waals surface area (Å²) in [6.45, 7) is 16.0. The lowest BCUT2D eigenvalue weighted by atomic mass is 9.87. The van der Waals surface area contributed by atoms with Gasteiger partial charge in [0.25, 0.3) is 0 Å². The van der Waals surface area contributed by atoms with E-state index in [1.165, 1.54) is 16.8 Å². The zero-order chi connectivity index (χ0) is 24.2. The van der Waals surface area contributed by atoms with Gasteiger partial charge in [-0.15, -0.1) is 0 Å². The van der Waals surface area contributed by atoms with Crippen LogP contribution >= 0.6 is 0 Å². The van der Waals surface area contributed by atoms with Crippen molar-refractivity contribution in [1.82, 2.24) is 5.32 Å². The third-order valence-corrected chi connectivity index (χ3v) is 6.01. The molecule has 1 aromatic rings. The second-order valence-corrected chi connectivity index (χ2v) is 8.85. The summed E-state index contributed by atoms with van der Waals surface area (Å²) in [7, 11) is 0. The molecule has 0 aromatic heterocycles. The van der Waals surface area contributed by atoms with Gasteiger partial charge in [-0.2, -0.15) is 5.26 Å². The zero-order valence-electron chi connectivity index (χ0n) is 20.7. The van der Waals surface area contributed by atoms with Gasteiger partial charge in [0, 0.05) is 30.9 Å². The van der Waals surface area contributed by atoms with E-state index in [2.05, 4.69) is 55.9 Å². The smallest absolute Gasteiger partial charge is 0.124 e. The van der Waals surface area contributed by atoms with Crippen molar-refractivity contribution in [2.75, 3.05) is 18.4 Å². The number of fused-ring (bicyclic) bond motifs is 1. The fraction of sp³-hybridized carbons (Fsp3) is 0.448. The number of allylic oxidation sites excluding steroid dienone is 3. The van der Waals surface area contributed by atoms with Gasteiger partial charge in [0.15, 0.2) is 0 Å². The van der Waals surface area contributed by atoms with Gasteiger partial charge in [0.05, 0.1) is 5.57 Å². The van der Waals surface area contributed by atoms with Gasteiger partial charge in [0.2, 0.25) is 0 Å². The average molecular weight is 446 g/mol. The number of aryl methyl sites for hydroxylation is 1. The van der Waals surface area contributed by atoms with Crippen molar-refractivity contribution in [3.63, 3.8) is 0 Å². The highest BCUT2D eigenvalue weighted by atomic mass is 16.1. The van der Waals surface area contributed by atoms with Crippen LogP contribution in [0.4, 0.5) is 5.69 Å². The largest absolute Gasteiger partial charge is 0.385 e. The molecular formula is C29H39N3O. The van der Waals surface area contributed by atoms with Gasteiger partial charge in [-0.05, 0) is 79.0 Å². The second kappa shape index (κ2) is 13.5. The molecule has 0 radical (unpaired) electrons. The van der Waals surface area contributed by atoms with Crippen LogP contribution in [0, 0.1) is 11.3 Å².